The summed E-state index contributed by atoms with van der Waals surface area (Å²) in [6, 6.07) is 18.5. The maximum absolute atomic E-state index is 13.1. The van der Waals surface area contributed by atoms with Gasteiger partial charge >= 0.3 is 0 Å². The van der Waals surface area contributed by atoms with Gasteiger partial charge in [-0.2, -0.15) is 5.06 Å². The summed E-state index contributed by atoms with van der Waals surface area (Å²) < 4.78 is 0. The molecule has 2 aliphatic rings. The topological polar surface area (TPSA) is 32.8 Å². The summed E-state index contributed by atoms with van der Waals surface area (Å²) in [4.78, 5) is 21.3. The van der Waals surface area contributed by atoms with Crippen LogP contribution in [-0.4, -0.2) is 28.7 Å². The van der Waals surface area contributed by atoms with Crippen LogP contribution in [0.25, 0.3) is 0 Å². The largest absolute Gasteiger partial charge is 0.306 e. The first-order valence-corrected chi connectivity index (χ1v) is 9.22. The maximum atomic E-state index is 13.1. The number of hydrogen-bond donors (Lipinski definition) is 0. The zero-order chi connectivity index (χ0) is 18.5. The summed E-state index contributed by atoms with van der Waals surface area (Å²) in [6.07, 6.45) is 0.690. The Kier molecular flexibility index (Phi) is 3.94. The molecule has 0 aliphatic carbocycles. The Labute approximate surface area is 155 Å². The fraction of sp³-hybridized carbons (Fsp3) is 0.409. The van der Waals surface area contributed by atoms with Crippen LogP contribution in [0.5, 0.6) is 0 Å². The quantitative estimate of drug-likeness (QED) is 0.759. The molecule has 1 amide bonds. The molecule has 0 aromatic heterocycles. The van der Waals surface area contributed by atoms with E-state index in [1.165, 1.54) is 11.1 Å². The maximum Gasteiger partial charge on any atom is 0.263 e. The minimum Gasteiger partial charge on any atom is -0.306 e. The Morgan fingerprint density at radius 1 is 1.04 bits per heavy atom. The van der Waals surface area contributed by atoms with Crippen LogP contribution in [0.2, 0.25) is 0 Å². The van der Waals surface area contributed by atoms with Gasteiger partial charge in [-0.15, -0.1) is 0 Å². The molecule has 2 saturated heterocycles. The van der Waals surface area contributed by atoms with Gasteiger partial charge in [-0.3, -0.25) is 9.63 Å². The number of hydrogen-bond acceptors (Lipinski definition) is 3. The average molecular weight is 350 g/mol. The number of nitrogens with zero attached hydrogens (tertiary/aromatic N) is 2. The molecular formula is C22H26N2O2. The second-order valence-electron chi connectivity index (χ2n) is 8.44. The van der Waals surface area contributed by atoms with Gasteiger partial charge in [0.05, 0.1) is 12.6 Å². The Morgan fingerprint density at radius 2 is 1.69 bits per heavy atom. The summed E-state index contributed by atoms with van der Waals surface area (Å²) in [5.74, 6) is 0.0639. The Bertz CT molecular complexity index is 810. The molecular weight excluding hydrogens is 324 g/mol. The Balaban J connectivity index is 1.61. The van der Waals surface area contributed by atoms with Crippen LogP contribution in [0.3, 0.4) is 0 Å². The molecule has 26 heavy (non-hydrogen) atoms. The van der Waals surface area contributed by atoms with Crippen molar-refractivity contribution in [2.75, 3.05) is 11.4 Å². The van der Waals surface area contributed by atoms with Gasteiger partial charge in [0.2, 0.25) is 0 Å². The molecule has 2 aliphatic heterocycles. The van der Waals surface area contributed by atoms with E-state index in [0.29, 0.717) is 13.0 Å². The lowest BCUT2D eigenvalue weighted by molar-refractivity contribution is -0.248. The Hall–Kier alpha value is -2.17. The van der Waals surface area contributed by atoms with E-state index in [1.54, 1.807) is 0 Å². The first-order valence-electron chi connectivity index (χ1n) is 9.22. The van der Waals surface area contributed by atoms with Crippen molar-refractivity contribution in [1.82, 2.24) is 5.06 Å². The number of aryl methyl sites for hydroxylation is 1. The molecule has 0 radical (unpaired) electrons. The molecule has 2 heterocycles. The molecule has 0 saturated carbocycles. The van der Waals surface area contributed by atoms with Crippen LogP contribution in [0.4, 0.5) is 5.69 Å². The van der Waals surface area contributed by atoms with E-state index in [0.717, 1.165) is 5.69 Å². The van der Waals surface area contributed by atoms with E-state index in [2.05, 4.69) is 39.8 Å². The lowest BCUT2D eigenvalue weighted by Crippen LogP contribution is -2.67. The fourth-order valence-corrected chi connectivity index (χ4v) is 3.92. The van der Waals surface area contributed by atoms with E-state index < -0.39 is 5.60 Å². The van der Waals surface area contributed by atoms with E-state index in [-0.39, 0.29) is 17.5 Å². The van der Waals surface area contributed by atoms with Crippen LogP contribution in [0.1, 0.15) is 44.4 Å². The van der Waals surface area contributed by atoms with E-state index >= 15 is 0 Å². The number of amides is 1. The molecule has 2 aromatic rings. The lowest BCUT2D eigenvalue weighted by atomic mass is 9.84. The highest BCUT2D eigenvalue weighted by atomic mass is 16.7. The number of rotatable bonds is 2. The number of benzene rings is 2. The molecule has 1 spiro atoms. The van der Waals surface area contributed by atoms with E-state index in [1.807, 2.05) is 52.4 Å². The van der Waals surface area contributed by atoms with Crippen LogP contribution in [0.15, 0.2) is 54.6 Å². The van der Waals surface area contributed by atoms with Crippen molar-refractivity contribution in [2.45, 2.75) is 51.3 Å². The fourth-order valence-electron chi connectivity index (χ4n) is 3.92. The summed E-state index contributed by atoms with van der Waals surface area (Å²) in [5.41, 5.74) is 2.41. The number of hydroxylamine groups is 2. The molecule has 0 N–H and O–H groups in total. The van der Waals surface area contributed by atoms with Gasteiger partial charge in [0.25, 0.3) is 5.91 Å². The van der Waals surface area contributed by atoms with Crippen molar-refractivity contribution < 1.29 is 9.63 Å². The van der Waals surface area contributed by atoms with Gasteiger partial charge in [-0.05, 0) is 45.4 Å². The zero-order valence-corrected chi connectivity index (χ0v) is 15.9. The van der Waals surface area contributed by atoms with Crippen LogP contribution in [0, 0.1) is 6.92 Å². The highest BCUT2D eigenvalue weighted by Gasteiger charge is 2.62. The normalized spacial score (nSPS) is 26.4. The third-order valence-corrected chi connectivity index (χ3v) is 5.32. The van der Waals surface area contributed by atoms with Gasteiger partial charge in [0.1, 0.15) is 0 Å². The van der Waals surface area contributed by atoms with Gasteiger partial charge in [-0.1, -0.05) is 48.0 Å². The Morgan fingerprint density at radius 3 is 2.27 bits per heavy atom. The van der Waals surface area contributed by atoms with Gasteiger partial charge in [0.15, 0.2) is 5.60 Å². The van der Waals surface area contributed by atoms with Crippen LogP contribution in [-0.2, 0) is 9.63 Å². The van der Waals surface area contributed by atoms with Crippen molar-refractivity contribution in [3.8, 4) is 0 Å². The predicted octanol–water partition coefficient (Wildman–Crippen LogP) is 4.26. The number of carbonyl (C=O) groups excluding carboxylic acids is 1. The standard InChI is InChI=1S/C22H26N2O2/c1-16-10-12-18(13-11-16)23-15-22(20(23)25)14-19(17-8-6-5-7-9-17)24(26-22)21(2,3)4/h5-13,19H,14-15H2,1-4H3. The number of anilines is 1. The van der Waals surface area contributed by atoms with E-state index in [9.17, 15) is 4.79 Å². The second kappa shape index (κ2) is 5.93. The third-order valence-electron chi connectivity index (χ3n) is 5.32. The van der Waals surface area contributed by atoms with Crippen molar-refractivity contribution in [3.05, 3.63) is 65.7 Å². The first kappa shape index (κ1) is 17.3. The van der Waals surface area contributed by atoms with Crippen molar-refractivity contribution in [3.63, 3.8) is 0 Å². The number of carbonyl (C=O) groups is 1. The summed E-state index contributed by atoms with van der Waals surface area (Å²) >= 11 is 0. The molecule has 2 aromatic carbocycles. The van der Waals surface area contributed by atoms with Crippen LogP contribution < -0.4 is 4.90 Å². The van der Waals surface area contributed by atoms with Gasteiger partial charge in [0, 0.05) is 17.6 Å². The second-order valence-corrected chi connectivity index (χ2v) is 8.44. The molecule has 136 valence electrons. The third kappa shape index (κ3) is 2.74. The molecule has 4 rings (SSSR count). The summed E-state index contributed by atoms with van der Waals surface area (Å²) in [7, 11) is 0. The van der Waals surface area contributed by atoms with Crippen molar-refractivity contribution in [2.24, 2.45) is 0 Å². The first-order chi connectivity index (χ1) is 12.3. The highest BCUT2D eigenvalue weighted by molar-refractivity contribution is 6.07. The van der Waals surface area contributed by atoms with Crippen molar-refractivity contribution in [1.29, 1.82) is 0 Å². The van der Waals surface area contributed by atoms with Crippen LogP contribution >= 0.6 is 0 Å². The molecule has 2 atom stereocenters. The number of β-lactam (4-membered cyclic amide) rings is 1. The van der Waals surface area contributed by atoms with Crippen molar-refractivity contribution >= 4 is 11.6 Å². The van der Waals surface area contributed by atoms with Gasteiger partial charge in [-0.25, -0.2) is 0 Å². The summed E-state index contributed by atoms with van der Waals surface area (Å²) in [5, 5.41) is 2.02. The molecule has 4 heteroatoms. The molecule has 4 nitrogen and oxygen atoms in total. The smallest absolute Gasteiger partial charge is 0.263 e. The molecule has 2 fully saturated rings. The molecule has 2 unspecified atom stereocenters. The SMILES string of the molecule is Cc1ccc(N2CC3(CC(c4ccccc4)N(C(C)(C)C)O3)C2=O)cc1. The van der Waals surface area contributed by atoms with E-state index in [4.69, 9.17) is 4.84 Å². The minimum atomic E-state index is -0.737. The lowest BCUT2D eigenvalue weighted by Gasteiger charge is -2.46. The summed E-state index contributed by atoms with van der Waals surface area (Å²) in [6.45, 7) is 9.04. The molecule has 0 bridgehead atoms. The highest BCUT2D eigenvalue weighted by Crippen LogP contribution is 2.49. The monoisotopic (exact) mass is 350 g/mol. The zero-order valence-electron chi connectivity index (χ0n) is 15.9. The predicted molar refractivity (Wildman–Crippen MR) is 103 cm³/mol. The average Bonchev–Trinajstić information content (AvgIpc) is 3.05. The minimum absolute atomic E-state index is 0.0639. The van der Waals surface area contributed by atoms with Gasteiger partial charge < -0.3 is 4.90 Å².